The van der Waals surface area contributed by atoms with Gasteiger partial charge < -0.3 is 15.4 Å². The minimum Gasteiger partial charge on any atom is -0.462 e. The number of hydrogen-bond donors (Lipinski definition) is 2. The van der Waals surface area contributed by atoms with Crippen molar-refractivity contribution < 1.29 is 9.53 Å². The number of nitrogens with one attached hydrogen (secondary N) is 2. The molecule has 2 aromatic carbocycles. The number of thiocarbonyl (C=S) groups is 1. The Morgan fingerprint density at radius 2 is 1.89 bits per heavy atom. The van der Waals surface area contributed by atoms with Gasteiger partial charge in [-0.3, -0.25) is 0 Å². The van der Waals surface area contributed by atoms with E-state index in [9.17, 15) is 4.79 Å². The van der Waals surface area contributed by atoms with Gasteiger partial charge in [0.15, 0.2) is 5.11 Å². The van der Waals surface area contributed by atoms with Crippen LogP contribution in [0.2, 0.25) is 0 Å². The average Bonchev–Trinajstić information content (AvgIpc) is 2.62. The van der Waals surface area contributed by atoms with Crippen LogP contribution in [0.4, 0.5) is 5.69 Å². The lowest BCUT2D eigenvalue weighted by Crippen LogP contribution is -2.32. The Balaban J connectivity index is 2.15. The minimum absolute atomic E-state index is 0.124. The summed E-state index contributed by atoms with van der Waals surface area (Å²) < 4.78 is 5.12. The van der Waals surface area contributed by atoms with Crippen molar-refractivity contribution in [2.24, 2.45) is 0 Å². The summed E-state index contributed by atoms with van der Waals surface area (Å²) in [7, 11) is 0. The third-order valence-electron chi connectivity index (χ3n) is 4.59. The summed E-state index contributed by atoms with van der Waals surface area (Å²) >= 11 is 5.53. The number of benzene rings is 2. The number of hydrogen-bond acceptors (Lipinski definition) is 3. The molecule has 0 spiro atoms. The minimum atomic E-state index is -0.320. The predicted molar refractivity (Wildman–Crippen MR) is 115 cm³/mol. The maximum atomic E-state index is 12.1. The van der Waals surface area contributed by atoms with Crippen molar-refractivity contribution in [1.82, 2.24) is 5.32 Å². The fourth-order valence-corrected chi connectivity index (χ4v) is 3.39. The first-order chi connectivity index (χ1) is 12.9. The lowest BCUT2D eigenvalue weighted by atomic mass is 9.98. The Labute approximate surface area is 167 Å². The number of carbonyl (C=O) groups is 1. The molecule has 0 aliphatic rings. The van der Waals surface area contributed by atoms with Crippen LogP contribution in [-0.2, 0) is 4.74 Å². The molecule has 5 heteroatoms. The zero-order chi connectivity index (χ0) is 20.0. The standard InChI is InChI=1S/C22H28N2O2S/c1-6-19(17-12-11-14(3)13-15(17)4)23-22(27)24-20-10-8-9-18(16(20)5)21(25)26-7-2/h8-13,19H,6-7H2,1-5H3,(H2,23,24,27)/t19-/m1/s1. The van der Waals surface area contributed by atoms with Crippen LogP contribution >= 0.6 is 12.2 Å². The van der Waals surface area contributed by atoms with Crippen LogP contribution in [0.15, 0.2) is 36.4 Å². The summed E-state index contributed by atoms with van der Waals surface area (Å²) in [6, 6.07) is 12.1. The summed E-state index contributed by atoms with van der Waals surface area (Å²) in [5.74, 6) is -0.320. The second-order valence-corrected chi connectivity index (χ2v) is 7.03. The number of aryl methyl sites for hydroxylation is 2. The van der Waals surface area contributed by atoms with Gasteiger partial charge in [-0.15, -0.1) is 0 Å². The highest BCUT2D eigenvalue weighted by atomic mass is 32.1. The molecule has 1 atom stereocenters. The van der Waals surface area contributed by atoms with E-state index in [2.05, 4.69) is 49.6 Å². The number of esters is 1. The Hall–Kier alpha value is -2.40. The van der Waals surface area contributed by atoms with Crippen molar-refractivity contribution in [1.29, 1.82) is 0 Å². The molecule has 0 saturated heterocycles. The van der Waals surface area contributed by atoms with Gasteiger partial charge in [-0.05, 0) is 75.2 Å². The van der Waals surface area contributed by atoms with Crippen LogP contribution < -0.4 is 10.6 Å². The van der Waals surface area contributed by atoms with E-state index in [-0.39, 0.29) is 12.0 Å². The fourth-order valence-electron chi connectivity index (χ4n) is 3.13. The summed E-state index contributed by atoms with van der Waals surface area (Å²) in [6.07, 6.45) is 0.910. The zero-order valence-electron chi connectivity index (χ0n) is 16.7. The summed E-state index contributed by atoms with van der Waals surface area (Å²) in [4.78, 5) is 12.1. The molecule has 2 N–H and O–H groups in total. The molecule has 0 heterocycles. The lowest BCUT2D eigenvalue weighted by Gasteiger charge is -2.22. The molecule has 27 heavy (non-hydrogen) atoms. The van der Waals surface area contributed by atoms with Gasteiger partial charge in [0.1, 0.15) is 0 Å². The summed E-state index contributed by atoms with van der Waals surface area (Å²) in [5, 5.41) is 7.16. The van der Waals surface area contributed by atoms with Crippen molar-refractivity contribution in [3.05, 3.63) is 64.2 Å². The highest BCUT2D eigenvalue weighted by Crippen LogP contribution is 2.23. The maximum Gasteiger partial charge on any atom is 0.338 e. The molecular weight excluding hydrogens is 356 g/mol. The van der Waals surface area contributed by atoms with E-state index in [0.717, 1.165) is 17.7 Å². The van der Waals surface area contributed by atoms with Gasteiger partial charge in [0.05, 0.1) is 18.2 Å². The Morgan fingerprint density at radius 3 is 2.52 bits per heavy atom. The van der Waals surface area contributed by atoms with Crippen LogP contribution in [0.3, 0.4) is 0 Å². The van der Waals surface area contributed by atoms with Crippen molar-refractivity contribution in [3.63, 3.8) is 0 Å². The molecule has 2 aromatic rings. The smallest absolute Gasteiger partial charge is 0.338 e. The van der Waals surface area contributed by atoms with Crippen LogP contribution in [0.1, 0.15) is 58.9 Å². The Morgan fingerprint density at radius 1 is 1.15 bits per heavy atom. The van der Waals surface area contributed by atoms with Crippen LogP contribution in [-0.4, -0.2) is 17.7 Å². The SMILES string of the molecule is CCOC(=O)c1cccc(NC(=S)N[C@H](CC)c2ccc(C)cc2C)c1C. The first-order valence-electron chi connectivity index (χ1n) is 9.28. The molecule has 0 aromatic heterocycles. The zero-order valence-corrected chi connectivity index (χ0v) is 17.5. The van der Waals surface area contributed by atoms with Gasteiger partial charge in [-0.1, -0.05) is 36.8 Å². The normalized spacial score (nSPS) is 11.6. The van der Waals surface area contributed by atoms with Gasteiger partial charge in [-0.2, -0.15) is 0 Å². The highest BCUT2D eigenvalue weighted by Gasteiger charge is 2.16. The number of anilines is 1. The Kier molecular flexibility index (Phi) is 7.36. The topological polar surface area (TPSA) is 50.4 Å². The summed E-state index contributed by atoms with van der Waals surface area (Å²) in [6.45, 7) is 10.4. The maximum absolute atomic E-state index is 12.1. The van der Waals surface area contributed by atoms with Gasteiger partial charge in [0.25, 0.3) is 0 Å². The second kappa shape index (κ2) is 9.51. The van der Waals surface area contributed by atoms with Crippen LogP contribution in [0, 0.1) is 20.8 Å². The quantitative estimate of drug-likeness (QED) is 0.528. The molecule has 0 bridgehead atoms. The molecule has 0 fully saturated rings. The third kappa shape index (κ3) is 5.30. The Bertz CT molecular complexity index is 833. The van der Waals surface area contributed by atoms with E-state index in [4.69, 9.17) is 17.0 Å². The fraction of sp³-hybridized carbons (Fsp3) is 0.364. The first kappa shape index (κ1) is 20.9. The van der Waals surface area contributed by atoms with Crippen LogP contribution in [0.5, 0.6) is 0 Å². The second-order valence-electron chi connectivity index (χ2n) is 6.62. The van der Waals surface area contributed by atoms with Gasteiger partial charge in [0.2, 0.25) is 0 Å². The lowest BCUT2D eigenvalue weighted by molar-refractivity contribution is 0.0525. The van der Waals surface area contributed by atoms with E-state index < -0.39 is 0 Å². The largest absolute Gasteiger partial charge is 0.462 e. The molecule has 144 valence electrons. The molecule has 0 aliphatic carbocycles. The van der Waals surface area contributed by atoms with E-state index in [1.807, 2.05) is 19.1 Å². The number of rotatable bonds is 6. The van der Waals surface area contributed by atoms with E-state index in [1.165, 1.54) is 16.7 Å². The molecule has 4 nitrogen and oxygen atoms in total. The van der Waals surface area contributed by atoms with Crippen molar-refractivity contribution in [2.75, 3.05) is 11.9 Å². The molecule has 0 aliphatic heterocycles. The van der Waals surface area contributed by atoms with Gasteiger partial charge >= 0.3 is 5.97 Å². The molecule has 0 saturated carbocycles. The first-order valence-corrected chi connectivity index (χ1v) is 9.69. The van der Waals surface area contributed by atoms with E-state index in [1.54, 1.807) is 13.0 Å². The van der Waals surface area contributed by atoms with Crippen molar-refractivity contribution >= 4 is 29.0 Å². The van der Waals surface area contributed by atoms with Crippen molar-refractivity contribution in [3.8, 4) is 0 Å². The molecule has 0 amide bonds. The average molecular weight is 385 g/mol. The number of ether oxygens (including phenoxy) is 1. The molecule has 2 rings (SSSR count). The predicted octanol–water partition coefficient (Wildman–Crippen LogP) is 5.23. The van der Waals surface area contributed by atoms with E-state index in [0.29, 0.717) is 17.3 Å². The highest BCUT2D eigenvalue weighted by molar-refractivity contribution is 7.80. The molecule has 0 unspecified atom stereocenters. The third-order valence-corrected chi connectivity index (χ3v) is 4.81. The van der Waals surface area contributed by atoms with Gasteiger partial charge in [0, 0.05) is 5.69 Å². The number of carbonyl (C=O) groups excluding carboxylic acids is 1. The van der Waals surface area contributed by atoms with E-state index >= 15 is 0 Å². The van der Waals surface area contributed by atoms with Gasteiger partial charge in [-0.25, -0.2) is 4.79 Å². The monoisotopic (exact) mass is 384 g/mol. The molecule has 0 radical (unpaired) electrons. The van der Waals surface area contributed by atoms with Crippen molar-refractivity contribution in [2.45, 2.75) is 47.1 Å². The molecular formula is C22H28N2O2S. The summed E-state index contributed by atoms with van der Waals surface area (Å²) in [5.41, 5.74) is 5.90. The van der Waals surface area contributed by atoms with Crippen LogP contribution in [0.25, 0.3) is 0 Å².